The summed E-state index contributed by atoms with van der Waals surface area (Å²) in [7, 11) is -1.82. The molecular formula is C30H23N3Si. The molecular weight excluding hydrogens is 430 g/mol. The van der Waals surface area contributed by atoms with Crippen molar-refractivity contribution in [1.29, 1.82) is 0 Å². The van der Waals surface area contributed by atoms with Gasteiger partial charge in [-0.3, -0.25) is 0 Å². The van der Waals surface area contributed by atoms with Crippen molar-refractivity contribution in [2.75, 3.05) is 0 Å². The fourth-order valence-corrected chi connectivity index (χ4v) is 8.46. The summed E-state index contributed by atoms with van der Waals surface area (Å²) >= 11 is 0. The van der Waals surface area contributed by atoms with Gasteiger partial charge in [0.15, 0.2) is 5.82 Å². The maximum Gasteiger partial charge on any atom is 0.159 e. The van der Waals surface area contributed by atoms with Crippen molar-refractivity contribution < 1.29 is 0 Å². The molecule has 0 aliphatic carbocycles. The van der Waals surface area contributed by atoms with Crippen molar-refractivity contribution in [2.45, 2.75) is 13.1 Å². The van der Waals surface area contributed by atoms with Crippen molar-refractivity contribution >= 4 is 40.4 Å². The second-order valence-corrected chi connectivity index (χ2v) is 13.8. The van der Waals surface area contributed by atoms with Gasteiger partial charge in [0.2, 0.25) is 0 Å². The Morgan fingerprint density at radius 1 is 0.647 bits per heavy atom. The first kappa shape index (κ1) is 19.4. The molecule has 1 aliphatic rings. The zero-order valence-electron chi connectivity index (χ0n) is 19.2. The Bertz CT molecular complexity index is 1680. The van der Waals surface area contributed by atoms with Gasteiger partial charge in [0.25, 0.3) is 0 Å². The molecule has 4 aromatic carbocycles. The van der Waals surface area contributed by atoms with Crippen molar-refractivity contribution in [3.63, 3.8) is 0 Å². The van der Waals surface area contributed by atoms with E-state index in [2.05, 4.69) is 115 Å². The van der Waals surface area contributed by atoms with Gasteiger partial charge in [-0.25, -0.2) is 9.97 Å². The number of hydrogen-bond donors (Lipinski definition) is 0. The second kappa shape index (κ2) is 6.99. The minimum atomic E-state index is -1.82. The number of fused-ring (bicyclic) bond motifs is 6. The highest BCUT2D eigenvalue weighted by Gasteiger charge is 2.39. The molecule has 3 nitrogen and oxygen atoms in total. The van der Waals surface area contributed by atoms with Crippen LogP contribution in [0.1, 0.15) is 0 Å². The molecule has 0 unspecified atom stereocenters. The van der Waals surface area contributed by atoms with Crippen LogP contribution < -0.4 is 10.5 Å². The van der Waals surface area contributed by atoms with Crippen LogP contribution in [0.4, 0.5) is 0 Å². The molecule has 0 spiro atoms. The molecule has 34 heavy (non-hydrogen) atoms. The Balaban J connectivity index is 1.34. The van der Waals surface area contributed by atoms with Gasteiger partial charge < -0.3 is 4.57 Å². The van der Waals surface area contributed by atoms with E-state index in [1.807, 2.05) is 6.20 Å². The lowest BCUT2D eigenvalue weighted by atomic mass is 10.1. The predicted octanol–water partition coefficient (Wildman–Crippen LogP) is 6.04. The molecule has 0 atom stereocenters. The summed E-state index contributed by atoms with van der Waals surface area (Å²) in [5, 5.41) is 5.25. The van der Waals surface area contributed by atoms with Gasteiger partial charge in [-0.05, 0) is 47.1 Å². The summed E-state index contributed by atoms with van der Waals surface area (Å²) < 4.78 is 2.34. The fraction of sp³-hybridized carbons (Fsp3) is 0.0667. The third-order valence-electron chi connectivity index (χ3n) is 7.24. The Morgan fingerprint density at radius 2 is 1.26 bits per heavy atom. The summed E-state index contributed by atoms with van der Waals surface area (Å²) in [5.74, 6) is 0.806. The third kappa shape index (κ3) is 2.63. The van der Waals surface area contributed by atoms with E-state index in [1.54, 1.807) is 0 Å². The van der Waals surface area contributed by atoms with Crippen LogP contribution in [-0.2, 0) is 0 Å². The van der Waals surface area contributed by atoms with Gasteiger partial charge in [0.1, 0.15) is 8.07 Å². The van der Waals surface area contributed by atoms with Crippen LogP contribution in [0.15, 0.2) is 103 Å². The number of rotatable bonds is 2. The maximum atomic E-state index is 5.13. The highest BCUT2D eigenvalue weighted by Crippen LogP contribution is 2.33. The summed E-state index contributed by atoms with van der Waals surface area (Å²) in [5.41, 5.74) is 7.14. The number of aromatic nitrogens is 3. The third-order valence-corrected chi connectivity index (χ3v) is 10.6. The molecule has 0 saturated heterocycles. The van der Waals surface area contributed by atoms with Crippen molar-refractivity contribution in [1.82, 2.24) is 14.5 Å². The van der Waals surface area contributed by atoms with Crippen LogP contribution in [0.2, 0.25) is 13.1 Å². The van der Waals surface area contributed by atoms with E-state index < -0.39 is 8.07 Å². The van der Waals surface area contributed by atoms with E-state index in [0.717, 1.165) is 17.1 Å². The van der Waals surface area contributed by atoms with Crippen LogP contribution in [0.25, 0.3) is 50.0 Å². The largest absolute Gasteiger partial charge is 0.309 e. The number of nitrogens with zero attached hydrogens (tertiary/aromatic N) is 3. The van der Waals surface area contributed by atoms with Crippen LogP contribution in [0, 0.1) is 0 Å². The molecule has 0 fully saturated rings. The predicted molar refractivity (Wildman–Crippen MR) is 144 cm³/mol. The van der Waals surface area contributed by atoms with E-state index in [0.29, 0.717) is 0 Å². The lowest BCUT2D eigenvalue weighted by Gasteiger charge is -2.17. The fourth-order valence-electron chi connectivity index (χ4n) is 5.55. The molecule has 0 radical (unpaired) electrons. The van der Waals surface area contributed by atoms with E-state index in [1.165, 1.54) is 43.4 Å². The van der Waals surface area contributed by atoms with E-state index in [4.69, 9.17) is 9.97 Å². The SMILES string of the molecule is C[Si]1(C)c2ccccc2-c2cnc(-c3ccc(-n4c5ccccc5c5ccccc54)cc3)nc21. The molecule has 0 saturated carbocycles. The molecule has 3 heterocycles. The van der Waals surface area contributed by atoms with Crippen LogP contribution >= 0.6 is 0 Å². The number of hydrogen-bond acceptors (Lipinski definition) is 2. The summed E-state index contributed by atoms with van der Waals surface area (Å²) in [6, 6.07) is 34.6. The van der Waals surface area contributed by atoms with E-state index in [-0.39, 0.29) is 0 Å². The molecule has 7 rings (SSSR count). The van der Waals surface area contributed by atoms with Crippen molar-refractivity contribution in [3.8, 4) is 28.2 Å². The average Bonchev–Trinajstić information content (AvgIpc) is 3.34. The first-order chi connectivity index (χ1) is 16.6. The lowest BCUT2D eigenvalue weighted by Crippen LogP contribution is -2.50. The summed E-state index contributed by atoms with van der Waals surface area (Å²) in [4.78, 5) is 9.91. The summed E-state index contributed by atoms with van der Waals surface area (Å²) in [6.07, 6.45) is 2.03. The highest BCUT2D eigenvalue weighted by molar-refractivity contribution is 7.03. The highest BCUT2D eigenvalue weighted by atomic mass is 28.3. The normalized spacial score (nSPS) is 13.8. The second-order valence-electron chi connectivity index (χ2n) is 9.54. The quantitative estimate of drug-likeness (QED) is 0.299. The van der Waals surface area contributed by atoms with Crippen LogP contribution in [0.3, 0.4) is 0 Å². The van der Waals surface area contributed by atoms with E-state index >= 15 is 0 Å². The molecule has 2 aromatic heterocycles. The van der Waals surface area contributed by atoms with Gasteiger partial charge in [-0.15, -0.1) is 0 Å². The zero-order valence-corrected chi connectivity index (χ0v) is 20.2. The molecule has 4 heteroatoms. The molecule has 162 valence electrons. The maximum absolute atomic E-state index is 5.13. The molecule has 1 aliphatic heterocycles. The zero-order chi connectivity index (χ0) is 22.9. The Labute approximate surface area is 199 Å². The van der Waals surface area contributed by atoms with E-state index in [9.17, 15) is 0 Å². The number of para-hydroxylation sites is 2. The smallest absolute Gasteiger partial charge is 0.159 e. The van der Waals surface area contributed by atoms with Gasteiger partial charge in [0, 0.05) is 39.1 Å². The monoisotopic (exact) mass is 453 g/mol. The van der Waals surface area contributed by atoms with Gasteiger partial charge in [0.05, 0.1) is 11.0 Å². The first-order valence-electron chi connectivity index (χ1n) is 11.7. The topological polar surface area (TPSA) is 30.7 Å². The summed E-state index contributed by atoms with van der Waals surface area (Å²) in [6.45, 7) is 4.78. The molecule has 6 aromatic rings. The Kier molecular flexibility index (Phi) is 4.00. The van der Waals surface area contributed by atoms with Crippen LogP contribution in [-0.4, -0.2) is 22.6 Å². The first-order valence-corrected chi connectivity index (χ1v) is 14.7. The number of benzene rings is 4. The average molecular weight is 454 g/mol. The van der Waals surface area contributed by atoms with Gasteiger partial charge in [-0.1, -0.05) is 73.8 Å². The van der Waals surface area contributed by atoms with Crippen molar-refractivity contribution in [3.05, 3.63) is 103 Å². The van der Waals surface area contributed by atoms with Gasteiger partial charge in [-0.2, -0.15) is 0 Å². The standard InChI is InChI=1S/C30H23N3Si/c1-34(2)28-14-8-5-11-24(28)25-19-31-29(32-30(25)34)20-15-17-21(18-16-20)33-26-12-6-3-9-22(26)23-10-4-7-13-27(23)33/h3-19H,1-2H3. The molecule has 0 N–H and O–H groups in total. The molecule has 0 amide bonds. The van der Waals surface area contributed by atoms with Gasteiger partial charge >= 0.3 is 0 Å². The van der Waals surface area contributed by atoms with Crippen molar-refractivity contribution in [2.24, 2.45) is 0 Å². The minimum Gasteiger partial charge on any atom is -0.309 e. The minimum absolute atomic E-state index is 0.806. The Hall–Kier alpha value is -4.02. The lowest BCUT2D eigenvalue weighted by molar-refractivity contribution is 1.17. The van der Waals surface area contributed by atoms with Crippen LogP contribution in [0.5, 0.6) is 0 Å². The Morgan fingerprint density at radius 3 is 1.97 bits per heavy atom. The molecule has 0 bridgehead atoms.